The van der Waals surface area contributed by atoms with Crippen molar-refractivity contribution in [2.75, 3.05) is 6.54 Å². The summed E-state index contributed by atoms with van der Waals surface area (Å²) in [4.78, 5) is 0. The van der Waals surface area contributed by atoms with Gasteiger partial charge in [-0.1, -0.05) is 12.1 Å². The van der Waals surface area contributed by atoms with Gasteiger partial charge in [-0.05, 0) is 50.4 Å². The smallest absolute Gasteiger partial charge is 0.134 e. The second kappa shape index (κ2) is 4.49. The van der Waals surface area contributed by atoms with Crippen LogP contribution in [0.3, 0.4) is 0 Å². The lowest BCUT2D eigenvalue weighted by molar-refractivity contribution is 0.578. The van der Waals surface area contributed by atoms with Crippen LogP contribution < -0.4 is 5.73 Å². The number of hydrogen-bond donors (Lipinski definition) is 1. The third-order valence-electron chi connectivity index (χ3n) is 2.68. The Bertz CT molecular complexity index is 445. The first kappa shape index (κ1) is 10.2. The van der Waals surface area contributed by atoms with E-state index in [-0.39, 0.29) is 0 Å². The van der Waals surface area contributed by atoms with Crippen LogP contribution in [0.25, 0.3) is 11.0 Å². The first-order valence-corrected chi connectivity index (χ1v) is 5.49. The summed E-state index contributed by atoms with van der Waals surface area (Å²) in [6, 6.07) is 8.37. The Morgan fingerprint density at radius 3 is 2.93 bits per heavy atom. The van der Waals surface area contributed by atoms with Crippen LogP contribution in [-0.4, -0.2) is 6.54 Å². The molecule has 80 valence electrons. The van der Waals surface area contributed by atoms with Gasteiger partial charge in [0.25, 0.3) is 0 Å². The summed E-state index contributed by atoms with van der Waals surface area (Å²) in [5, 5.41) is 1.26. The second-order valence-corrected chi connectivity index (χ2v) is 3.93. The molecule has 1 aromatic heterocycles. The minimum Gasteiger partial charge on any atom is -0.461 e. The van der Waals surface area contributed by atoms with Gasteiger partial charge in [0.2, 0.25) is 0 Å². The highest BCUT2D eigenvalue weighted by Crippen LogP contribution is 2.23. The molecule has 0 spiro atoms. The number of benzene rings is 1. The summed E-state index contributed by atoms with van der Waals surface area (Å²) in [5.41, 5.74) is 7.86. The van der Waals surface area contributed by atoms with Crippen LogP contribution in [0.5, 0.6) is 0 Å². The fourth-order valence-corrected chi connectivity index (χ4v) is 1.93. The molecule has 0 aliphatic heterocycles. The van der Waals surface area contributed by atoms with Crippen LogP contribution in [-0.2, 0) is 6.42 Å². The largest absolute Gasteiger partial charge is 0.461 e. The second-order valence-electron chi connectivity index (χ2n) is 3.93. The maximum Gasteiger partial charge on any atom is 0.134 e. The molecule has 0 aliphatic rings. The molecule has 0 bridgehead atoms. The van der Waals surface area contributed by atoms with Gasteiger partial charge < -0.3 is 10.2 Å². The highest BCUT2D eigenvalue weighted by Gasteiger charge is 2.04. The molecule has 0 unspecified atom stereocenters. The van der Waals surface area contributed by atoms with Crippen molar-refractivity contribution in [3.8, 4) is 0 Å². The van der Waals surface area contributed by atoms with Crippen LogP contribution in [0.2, 0.25) is 0 Å². The average molecular weight is 203 g/mol. The van der Waals surface area contributed by atoms with Gasteiger partial charge in [-0.3, -0.25) is 0 Å². The molecule has 0 saturated heterocycles. The third-order valence-corrected chi connectivity index (χ3v) is 2.68. The number of hydrogen-bond acceptors (Lipinski definition) is 2. The zero-order chi connectivity index (χ0) is 10.7. The van der Waals surface area contributed by atoms with Crippen LogP contribution in [0.1, 0.15) is 24.2 Å². The van der Waals surface area contributed by atoms with E-state index in [2.05, 4.69) is 18.2 Å². The van der Waals surface area contributed by atoms with Crippen molar-refractivity contribution in [2.24, 2.45) is 5.73 Å². The van der Waals surface area contributed by atoms with E-state index in [0.717, 1.165) is 37.2 Å². The Morgan fingerprint density at radius 2 is 2.13 bits per heavy atom. The molecule has 0 saturated carbocycles. The molecular formula is C13H17NO. The Kier molecular flexibility index (Phi) is 3.07. The summed E-state index contributed by atoms with van der Waals surface area (Å²) in [5.74, 6) is 0.983. The quantitative estimate of drug-likeness (QED) is 0.776. The predicted molar refractivity (Wildman–Crippen MR) is 62.9 cm³/mol. The van der Waals surface area contributed by atoms with Crippen molar-refractivity contribution in [2.45, 2.75) is 26.2 Å². The van der Waals surface area contributed by atoms with Crippen molar-refractivity contribution in [3.05, 3.63) is 35.6 Å². The molecule has 0 aliphatic carbocycles. The number of rotatable bonds is 4. The van der Waals surface area contributed by atoms with Gasteiger partial charge in [0, 0.05) is 5.39 Å². The molecule has 1 aromatic carbocycles. The number of nitrogens with two attached hydrogens (primary N) is 1. The number of furan rings is 1. The van der Waals surface area contributed by atoms with E-state index in [9.17, 15) is 0 Å². The normalized spacial score (nSPS) is 11.1. The Morgan fingerprint density at radius 1 is 1.27 bits per heavy atom. The minimum atomic E-state index is 0.778. The Balaban J connectivity index is 2.25. The molecule has 0 radical (unpaired) electrons. The molecule has 2 N–H and O–H groups in total. The molecule has 1 heterocycles. The summed E-state index contributed by atoms with van der Waals surface area (Å²) < 4.78 is 5.59. The van der Waals surface area contributed by atoms with Crippen molar-refractivity contribution >= 4 is 11.0 Å². The van der Waals surface area contributed by atoms with E-state index in [1.807, 2.05) is 13.0 Å². The number of fused-ring (bicyclic) bond motifs is 1. The van der Waals surface area contributed by atoms with Crippen LogP contribution in [0.15, 0.2) is 28.7 Å². The molecular weight excluding hydrogens is 186 g/mol. The summed E-state index contributed by atoms with van der Waals surface area (Å²) in [6.07, 6.45) is 3.33. The third kappa shape index (κ3) is 2.21. The molecule has 2 rings (SSSR count). The standard InChI is InChI=1S/C13H17NO/c1-10-9-12-11(5-2-3-8-14)6-4-7-13(12)15-10/h4,6-7,9H,2-3,5,8,14H2,1H3. The van der Waals surface area contributed by atoms with Gasteiger partial charge in [0.15, 0.2) is 0 Å². The molecule has 2 heteroatoms. The maximum absolute atomic E-state index is 5.59. The lowest BCUT2D eigenvalue weighted by Gasteiger charge is -2.01. The molecule has 0 fully saturated rings. The van der Waals surface area contributed by atoms with E-state index in [0.29, 0.717) is 0 Å². The molecule has 2 nitrogen and oxygen atoms in total. The number of aryl methyl sites for hydroxylation is 2. The van der Waals surface area contributed by atoms with E-state index in [1.54, 1.807) is 0 Å². The highest BCUT2D eigenvalue weighted by atomic mass is 16.3. The van der Waals surface area contributed by atoms with Gasteiger partial charge >= 0.3 is 0 Å². The Hall–Kier alpha value is -1.28. The van der Waals surface area contributed by atoms with E-state index in [4.69, 9.17) is 10.2 Å². The summed E-state index contributed by atoms with van der Waals surface area (Å²) in [6.45, 7) is 2.77. The fraction of sp³-hybridized carbons (Fsp3) is 0.385. The molecule has 0 amide bonds. The predicted octanol–water partition coefficient (Wildman–Crippen LogP) is 3.02. The maximum atomic E-state index is 5.59. The minimum absolute atomic E-state index is 0.778. The zero-order valence-electron chi connectivity index (χ0n) is 9.12. The zero-order valence-corrected chi connectivity index (χ0v) is 9.12. The van der Waals surface area contributed by atoms with Crippen molar-refractivity contribution in [1.82, 2.24) is 0 Å². The van der Waals surface area contributed by atoms with Gasteiger partial charge in [-0.25, -0.2) is 0 Å². The van der Waals surface area contributed by atoms with Crippen LogP contribution in [0.4, 0.5) is 0 Å². The van der Waals surface area contributed by atoms with E-state index in [1.165, 1.54) is 10.9 Å². The van der Waals surface area contributed by atoms with Gasteiger partial charge in [0.05, 0.1) is 0 Å². The lowest BCUT2D eigenvalue weighted by Crippen LogP contribution is -1.99. The van der Waals surface area contributed by atoms with Gasteiger partial charge in [-0.2, -0.15) is 0 Å². The van der Waals surface area contributed by atoms with Crippen LogP contribution in [0, 0.1) is 6.92 Å². The average Bonchev–Trinajstić information content (AvgIpc) is 2.59. The van der Waals surface area contributed by atoms with E-state index < -0.39 is 0 Å². The fourth-order valence-electron chi connectivity index (χ4n) is 1.93. The molecule has 2 aromatic rings. The van der Waals surface area contributed by atoms with Gasteiger partial charge in [0.1, 0.15) is 11.3 Å². The lowest BCUT2D eigenvalue weighted by atomic mass is 10.0. The van der Waals surface area contributed by atoms with Crippen molar-refractivity contribution < 1.29 is 4.42 Å². The summed E-state index contributed by atoms with van der Waals surface area (Å²) in [7, 11) is 0. The van der Waals surface area contributed by atoms with Crippen molar-refractivity contribution in [3.63, 3.8) is 0 Å². The first-order valence-electron chi connectivity index (χ1n) is 5.49. The molecule has 15 heavy (non-hydrogen) atoms. The first-order chi connectivity index (χ1) is 7.31. The topological polar surface area (TPSA) is 39.2 Å². The molecule has 0 atom stereocenters. The SMILES string of the molecule is Cc1cc2c(CCCCN)cccc2o1. The van der Waals surface area contributed by atoms with Gasteiger partial charge in [-0.15, -0.1) is 0 Å². The van der Waals surface area contributed by atoms with Crippen molar-refractivity contribution in [1.29, 1.82) is 0 Å². The van der Waals surface area contributed by atoms with Crippen LogP contribution >= 0.6 is 0 Å². The number of unbranched alkanes of at least 4 members (excludes halogenated alkanes) is 1. The summed E-state index contributed by atoms with van der Waals surface area (Å²) >= 11 is 0. The van der Waals surface area contributed by atoms with E-state index >= 15 is 0 Å². The monoisotopic (exact) mass is 203 g/mol. The highest BCUT2D eigenvalue weighted by molar-refractivity contribution is 5.81. The Labute approximate surface area is 90.1 Å².